The van der Waals surface area contributed by atoms with E-state index in [2.05, 4.69) is 4.90 Å². The van der Waals surface area contributed by atoms with Crippen LogP contribution in [-0.2, 0) is 9.59 Å². The summed E-state index contributed by atoms with van der Waals surface area (Å²) in [5, 5.41) is 9.00. The quantitative estimate of drug-likeness (QED) is 0.837. The zero-order chi connectivity index (χ0) is 18.7. The molecule has 0 atom stereocenters. The number of amides is 2. The SMILES string of the molecule is CC1(C)Oc2ccccc2N(CCC(=O)N2CCN(CCO)CC2)C1=O. The number of piperazine rings is 1. The molecule has 1 fully saturated rings. The number of anilines is 1. The van der Waals surface area contributed by atoms with E-state index in [0.29, 0.717) is 31.9 Å². The number of hydrogen-bond donors (Lipinski definition) is 1. The van der Waals surface area contributed by atoms with Crippen LogP contribution < -0.4 is 9.64 Å². The van der Waals surface area contributed by atoms with Gasteiger partial charge >= 0.3 is 0 Å². The molecule has 3 rings (SSSR count). The fourth-order valence-corrected chi connectivity index (χ4v) is 3.47. The molecule has 1 N–H and O–H groups in total. The molecule has 142 valence electrons. The first-order valence-electron chi connectivity index (χ1n) is 9.13. The normalized spacial score (nSPS) is 19.9. The summed E-state index contributed by atoms with van der Waals surface area (Å²) in [7, 11) is 0. The average molecular weight is 361 g/mol. The third kappa shape index (κ3) is 3.83. The molecule has 0 bridgehead atoms. The van der Waals surface area contributed by atoms with E-state index in [1.54, 1.807) is 18.7 Å². The van der Waals surface area contributed by atoms with Gasteiger partial charge in [-0.3, -0.25) is 14.5 Å². The highest BCUT2D eigenvalue weighted by Gasteiger charge is 2.40. The topological polar surface area (TPSA) is 73.3 Å². The molecule has 2 aliphatic heterocycles. The molecule has 0 spiro atoms. The lowest BCUT2D eigenvalue weighted by molar-refractivity contribution is -0.134. The highest BCUT2D eigenvalue weighted by atomic mass is 16.5. The molecule has 0 aromatic heterocycles. The second-order valence-corrected chi connectivity index (χ2v) is 7.23. The Morgan fingerprint density at radius 3 is 2.54 bits per heavy atom. The van der Waals surface area contributed by atoms with Gasteiger partial charge in [0, 0.05) is 45.7 Å². The summed E-state index contributed by atoms with van der Waals surface area (Å²) < 4.78 is 5.81. The zero-order valence-electron chi connectivity index (χ0n) is 15.5. The average Bonchev–Trinajstić information content (AvgIpc) is 2.62. The largest absolute Gasteiger partial charge is 0.476 e. The maximum absolute atomic E-state index is 12.8. The summed E-state index contributed by atoms with van der Waals surface area (Å²) in [6.45, 7) is 7.52. The molecule has 1 aromatic rings. The van der Waals surface area contributed by atoms with E-state index < -0.39 is 5.60 Å². The fraction of sp³-hybridized carbons (Fsp3) is 0.579. The molecule has 0 radical (unpaired) electrons. The molecule has 0 saturated carbocycles. The summed E-state index contributed by atoms with van der Waals surface area (Å²) in [5.41, 5.74) is -0.217. The Balaban J connectivity index is 1.62. The third-order valence-electron chi connectivity index (χ3n) is 4.97. The van der Waals surface area contributed by atoms with Gasteiger partial charge in [0.2, 0.25) is 5.91 Å². The number of carbonyl (C=O) groups is 2. The van der Waals surface area contributed by atoms with Crippen molar-refractivity contribution in [2.24, 2.45) is 0 Å². The second-order valence-electron chi connectivity index (χ2n) is 7.23. The van der Waals surface area contributed by atoms with Crippen molar-refractivity contribution < 1.29 is 19.4 Å². The maximum Gasteiger partial charge on any atom is 0.270 e. The number of aliphatic hydroxyl groups excluding tert-OH is 1. The van der Waals surface area contributed by atoms with E-state index >= 15 is 0 Å². The highest BCUT2D eigenvalue weighted by molar-refractivity contribution is 6.02. The van der Waals surface area contributed by atoms with Crippen molar-refractivity contribution in [1.82, 2.24) is 9.80 Å². The van der Waals surface area contributed by atoms with E-state index in [9.17, 15) is 9.59 Å². The van der Waals surface area contributed by atoms with Crippen LogP contribution in [0.25, 0.3) is 0 Å². The van der Waals surface area contributed by atoms with Gasteiger partial charge in [0.05, 0.1) is 12.3 Å². The molecule has 1 saturated heterocycles. The Labute approximate surface area is 154 Å². The maximum atomic E-state index is 12.8. The van der Waals surface area contributed by atoms with Crippen molar-refractivity contribution in [1.29, 1.82) is 0 Å². The third-order valence-corrected chi connectivity index (χ3v) is 4.97. The fourth-order valence-electron chi connectivity index (χ4n) is 3.47. The number of benzene rings is 1. The number of rotatable bonds is 5. The molecule has 2 amide bonds. The van der Waals surface area contributed by atoms with Gasteiger partial charge in [-0.2, -0.15) is 0 Å². The lowest BCUT2D eigenvalue weighted by Crippen LogP contribution is -2.54. The molecule has 0 aliphatic carbocycles. The Bertz CT molecular complexity index is 669. The monoisotopic (exact) mass is 361 g/mol. The number of carbonyl (C=O) groups excluding carboxylic acids is 2. The summed E-state index contributed by atoms with van der Waals surface area (Å²) in [4.78, 5) is 31.0. The lowest BCUT2D eigenvalue weighted by Gasteiger charge is -2.39. The Kier molecular flexibility index (Phi) is 5.48. The summed E-state index contributed by atoms with van der Waals surface area (Å²) in [5.74, 6) is 0.599. The Morgan fingerprint density at radius 2 is 1.85 bits per heavy atom. The summed E-state index contributed by atoms with van der Waals surface area (Å²) in [6, 6.07) is 7.43. The first-order valence-corrected chi connectivity index (χ1v) is 9.13. The first kappa shape index (κ1) is 18.7. The molecule has 2 aliphatic rings. The lowest BCUT2D eigenvalue weighted by atomic mass is 10.0. The molecular formula is C19H27N3O4. The van der Waals surface area contributed by atoms with Crippen molar-refractivity contribution in [3.63, 3.8) is 0 Å². The van der Waals surface area contributed by atoms with E-state index in [1.807, 2.05) is 29.2 Å². The molecular weight excluding hydrogens is 334 g/mol. The van der Waals surface area contributed by atoms with E-state index in [1.165, 1.54) is 0 Å². The molecule has 2 heterocycles. The van der Waals surface area contributed by atoms with Gasteiger partial charge in [0.1, 0.15) is 5.75 Å². The number of β-amino-alcohol motifs (C(OH)–C–C–N with tert-alkyl or cyclic N) is 1. The number of aliphatic hydroxyl groups is 1. The van der Waals surface area contributed by atoms with Crippen LogP contribution in [0.15, 0.2) is 24.3 Å². The van der Waals surface area contributed by atoms with Crippen molar-refractivity contribution in [2.45, 2.75) is 25.9 Å². The van der Waals surface area contributed by atoms with Gasteiger partial charge in [-0.05, 0) is 26.0 Å². The standard InChI is InChI=1S/C19H27N3O4/c1-19(2)18(25)22(15-5-3-4-6-16(15)26-19)8-7-17(24)21-11-9-20(10-12-21)13-14-23/h3-6,23H,7-14H2,1-2H3. The van der Waals surface area contributed by atoms with Gasteiger partial charge in [0.15, 0.2) is 5.60 Å². The minimum Gasteiger partial charge on any atom is -0.476 e. The van der Waals surface area contributed by atoms with Crippen molar-refractivity contribution in [2.75, 3.05) is 50.8 Å². The minimum atomic E-state index is -0.937. The van der Waals surface area contributed by atoms with E-state index in [0.717, 1.165) is 18.8 Å². The number of ether oxygens (including phenoxy) is 1. The summed E-state index contributed by atoms with van der Waals surface area (Å²) >= 11 is 0. The van der Waals surface area contributed by atoms with Crippen molar-refractivity contribution in [3.05, 3.63) is 24.3 Å². The number of para-hydroxylation sites is 2. The van der Waals surface area contributed by atoms with E-state index in [4.69, 9.17) is 9.84 Å². The minimum absolute atomic E-state index is 0.0585. The zero-order valence-corrected chi connectivity index (χ0v) is 15.5. The van der Waals surface area contributed by atoms with Crippen molar-refractivity contribution >= 4 is 17.5 Å². The van der Waals surface area contributed by atoms with Gasteiger partial charge in [-0.1, -0.05) is 12.1 Å². The van der Waals surface area contributed by atoms with Crippen LogP contribution in [0.4, 0.5) is 5.69 Å². The molecule has 7 nitrogen and oxygen atoms in total. The predicted molar refractivity (Wildman–Crippen MR) is 98.2 cm³/mol. The molecule has 1 aromatic carbocycles. The first-order chi connectivity index (χ1) is 12.4. The van der Waals surface area contributed by atoms with Gasteiger partial charge < -0.3 is 19.6 Å². The number of nitrogens with zero attached hydrogens (tertiary/aromatic N) is 3. The molecule has 7 heteroatoms. The highest BCUT2D eigenvalue weighted by Crippen LogP contribution is 2.37. The van der Waals surface area contributed by atoms with Crippen LogP contribution in [0.1, 0.15) is 20.3 Å². The smallest absolute Gasteiger partial charge is 0.270 e. The number of fused-ring (bicyclic) bond motifs is 1. The van der Waals surface area contributed by atoms with Crippen LogP contribution in [-0.4, -0.2) is 78.2 Å². The second kappa shape index (κ2) is 7.63. The van der Waals surface area contributed by atoms with Gasteiger partial charge in [0.25, 0.3) is 5.91 Å². The summed E-state index contributed by atoms with van der Waals surface area (Å²) in [6.07, 6.45) is 0.288. The Morgan fingerprint density at radius 1 is 1.15 bits per heavy atom. The van der Waals surface area contributed by atoms with Gasteiger partial charge in [-0.15, -0.1) is 0 Å². The van der Waals surface area contributed by atoms with Crippen LogP contribution in [0.5, 0.6) is 5.75 Å². The van der Waals surface area contributed by atoms with Crippen LogP contribution >= 0.6 is 0 Å². The van der Waals surface area contributed by atoms with Gasteiger partial charge in [-0.25, -0.2) is 0 Å². The van der Waals surface area contributed by atoms with Crippen LogP contribution in [0.3, 0.4) is 0 Å². The van der Waals surface area contributed by atoms with Crippen LogP contribution in [0, 0.1) is 0 Å². The van der Waals surface area contributed by atoms with E-state index in [-0.39, 0.29) is 24.8 Å². The number of hydrogen-bond acceptors (Lipinski definition) is 5. The molecule has 26 heavy (non-hydrogen) atoms. The van der Waals surface area contributed by atoms with Crippen LogP contribution in [0.2, 0.25) is 0 Å². The van der Waals surface area contributed by atoms with Crippen molar-refractivity contribution in [3.8, 4) is 5.75 Å². The predicted octanol–water partition coefficient (Wildman–Crippen LogP) is 0.717. The molecule has 0 unspecified atom stereocenters. The Hall–Kier alpha value is -2.12.